The minimum atomic E-state index is -0.675. The molecule has 0 bridgehead atoms. The monoisotopic (exact) mass is 366 g/mol. The van der Waals surface area contributed by atoms with E-state index in [0.717, 1.165) is 22.8 Å². The second-order valence-corrected chi connectivity index (χ2v) is 6.60. The average molecular weight is 366 g/mol. The predicted molar refractivity (Wildman–Crippen MR) is 109 cm³/mol. The lowest BCUT2D eigenvalue weighted by molar-refractivity contribution is 0.460. The van der Waals surface area contributed by atoms with Crippen molar-refractivity contribution in [2.75, 3.05) is 0 Å². The minimum absolute atomic E-state index is 0.675. The number of pyridine rings is 1. The lowest BCUT2D eigenvalue weighted by atomic mass is 10.1. The summed E-state index contributed by atoms with van der Waals surface area (Å²) in [5.41, 5.74) is 4.21. The number of hydrogen-bond acceptors (Lipinski definition) is 3. The molecule has 4 aromatic rings. The van der Waals surface area contributed by atoms with E-state index in [9.17, 15) is 0 Å². The molecule has 1 aromatic heterocycles. The van der Waals surface area contributed by atoms with E-state index in [2.05, 4.69) is 29.2 Å². The Labute approximate surface area is 165 Å². The van der Waals surface area contributed by atoms with Gasteiger partial charge in [0, 0.05) is 11.8 Å². The van der Waals surface area contributed by atoms with Gasteiger partial charge in [-0.3, -0.25) is 4.98 Å². The van der Waals surface area contributed by atoms with Crippen LogP contribution in [0.1, 0.15) is 0 Å². The highest BCUT2D eigenvalue weighted by Crippen LogP contribution is 2.28. The van der Waals surface area contributed by atoms with Crippen LogP contribution in [0.4, 0.5) is 0 Å². The molecule has 3 nitrogen and oxygen atoms in total. The standard InChI is InChI=1S/C12H10O.C11H9NO.Al/c13-12-8-6-11(7-9-12)10-4-2-1-3-5-10;13-11-7-2-1-5-9(11)10-6-3-4-8-12-10;/h1-9,13H;1-8,13H;/q;;+2/p-2. The Balaban J connectivity index is 1.41. The highest BCUT2D eigenvalue weighted by molar-refractivity contribution is 6.21. The van der Waals surface area contributed by atoms with Gasteiger partial charge in [-0.1, -0.05) is 60.7 Å². The van der Waals surface area contributed by atoms with Crippen molar-refractivity contribution in [3.63, 3.8) is 0 Å². The molecule has 0 saturated carbocycles. The summed E-state index contributed by atoms with van der Waals surface area (Å²) in [5, 5.41) is 0. The smallest absolute Gasteiger partial charge is 0.616 e. The fourth-order valence-corrected chi connectivity index (χ4v) is 3.42. The van der Waals surface area contributed by atoms with Crippen LogP contribution in [0.25, 0.3) is 22.4 Å². The Bertz CT molecular complexity index is 990. The largest absolute Gasteiger partial charge is 0.881 e. The van der Waals surface area contributed by atoms with Crippen molar-refractivity contribution in [3.05, 3.63) is 103 Å². The summed E-state index contributed by atoms with van der Waals surface area (Å²) < 4.78 is 11.8. The zero-order chi connectivity index (χ0) is 18.3. The third-order valence-corrected chi connectivity index (χ3v) is 4.87. The van der Waals surface area contributed by atoms with Gasteiger partial charge in [0.05, 0.1) is 17.2 Å². The van der Waals surface area contributed by atoms with Crippen LogP contribution in [0.5, 0.6) is 11.5 Å². The van der Waals surface area contributed by atoms with Crippen LogP contribution in [-0.4, -0.2) is 20.9 Å². The van der Waals surface area contributed by atoms with E-state index in [1.165, 1.54) is 11.1 Å². The zero-order valence-electron chi connectivity index (χ0n) is 14.7. The van der Waals surface area contributed by atoms with Crippen LogP contribution < -0.4 is 7.58 Å². The van der Waals surface area contributed by atoms with E-state index in [0.29, 0.717) is 0 Å². The molecule has 0 aliphatic heterocycles. The van der Waals surface area contributed by atoms with Crippen molar-refractivity contribution in [2.45, 2.75) is 0 Å². The first kappa shape index (κ1) is 17.4. The summed E-state index contributed by atoms with van der Waals surface area (Å²) in [6.07, 6.45) is 1.78. The summed E-state index contributed by atoms with van der Waals surface area (Å²) >= 11 is -0.675. The molecule has 1 heterocycles. The maximum absolute atomic E-state index is 5.93. The van der Waals surface area contributed by atoms with Crippen molar-refractivity contribution in [1.82, 2.24) is 4.98 Å². The molecule has 1 radical (unpaired) electrons. The number of benzene rings is 3. The fourth-order valence-electron chi connectivity index (χ4n) is 2.79. The first-order chi connectivity index (χ1) is 13.4. The molecule has 4 rings (SSSR count). The SMILES string of the molecule is c1ccc(-c2ccc([O][Al][O]c3ccccc3-c3ccccn3)cc2)cc1. The molecule has 4 heteroatoms. The lowest BCUT2D eigenvalue weighted by Gasteiger charge is -2.12. The van der Waals surface area contributed by atoms with Crippen molar-refractivity contribution < 1.29 is 7.58 Å². The maximum atomic E-state index is 5.93. The second-order valence-electron chi connectivity index (χ2n) is 5.93. The van der Waals surface area contributed by atoms with E-state index in [1.807, 2.05) is 72.8 Å². The summed E-state index contributed by atoms with van der Waals surface area (Å²) in [6.45, 7) is 0. The lowest BCUT2D eigenvalue weighted by Crippen LogP contribution is -2.11. The van der Waals surface area contributed by atoms with Crippen molar-refractivity contribution >= 4 is 15.9 Å². The molecular weight excluding hydrogens is 349 g/mol. The molecule has 0 aliphatic rings. The zero-order valence-corrected chi connectivity index (χ0v) is 15.8. The Morgan fingerprint density at radius 2 is 1.30 bits per heavy atom. The number of hydrogen-bond donors (Lipinski definition) is 0. The maximum Gasteiger partial charge on any atom is 0.881 e. The van der Waals surface area contributed by atoms with Gasteiger partial charge in [-0.25, -0.2) is 0 Å². The Morgan fingerprint density at radius 3 is 2.07 bits per heavy atom. The van der Waals surface area contributed by atoms with Crippen LogP contribution in [0.3, 0.4) is 0 Å². The summed E-state index contributed by atoms with van der Waals surface area (Å²) in [7, 11) is 0. The highest BCUT2D eigenvalue weighted by Gasteiger charge is 2.11. The van der Waals surface area contributed by atoms with Gasteiger partial charge in [0.2, 0.25) is 0 Å². The van der Waals surface area contributed by atoms with Crippen LogP contribution in [0.2, 0.25) is 0 Å². The molecule has 0 N–H and O–H groups in total. The summed E-state index contributed by atoms with van der Waals surface area (Å²) in [6, 6.07) is 32.1. The summed E-state index contributed by atoms with van der Waals surface area (Å²) in [5.74, 6) is 1.59. The topological polar surface area (TPSA) is 31.4 Å². The van der Waals surface area contributed by atoms with E-state index in [1.54, 1.807) is 6.20 Å². The van der Waals surface area contributed by atoms with Gasteiger partial charge in [0.1, 0.15) is 0 Å². The third kappa shape index (κ3) is 4.38. The second kappa shape index (κ2) is 8.55. The normalized spacial score (nSPS) is 10.2. The van der Waals surface area contributed by atoms with Crippen LogP contribution in [0, 0.1) is 0 Å². The van der Waals surface area contributed by atoms with E-state index < -0.39 is 15.9 Å². The molecule has 0 saturated heterocycles. The molecular formula is C23H17AlNO2. The molecule has 0 spiro atoms. The molecule has 27 heavy (non-hydrogen) atoms. The molecule has 3 aromatic carbocycles. The first-order valence-electron chi connectivity index (χ1n) is 8.71. The molecule has 0 atom stereocenters. The highest BCUT2D eigenvalue weighted by atomic mass is 27.2. The molecule has 0 unspecified atom stereocenters. The molecule has 0 amide bonds. The van der Waals surface area contributed by atoms with Crippen LogP contribution >= 0.6 is 0 Å². The van der Waals surface area contributed by atoms with Gasteiger partial charge in [-0.2, -0.15) is 0 Å². The number of aromatic nitrogens is 1. The predicted octanol–water partition coefficient (Wildman–Crippen LogP) is 5.41. The van der Waals surface area contributed by atoms with Gasteiger partial charge in [0.25, 0.3) is 0 Å². The van der Waals surface area contributed by atoms with Crippen molar-refractivity contribution in [1.29, 1.82) is 0 Å². The van der Waals surface area contributed by atoms with E-state index in [4.69, 9.17) is 7.58 Å². The van der Waals surface area contributed by atoms with Crippen molar-refractivity contribution in [2.24, 2.45) is 0 Å². The minimum Gasteiger partial charge on any atom is -0.616 e. The van der Waals surface area contributed by atoms with Crippen LogP contribution in [-0.2, 0) is 0 Å². The molecule has 0 aliphatic carbocycles. The number of nitrogens with zero attached hydrogens (tertiary/aromatic N) is 1. The number of rotatable bonds is 6. The van der Waals surface area contributed by atoms with Gasteiger partial charge < -0.3 is 7.58 Å². The van der Waals surface area contributed by atoms with E-state index in [-0.39, 0.29) is 0 Å². The summed E-state index contributed by atoms with van der Waals surface area (Å²) in [4.78, 5) is 4.40. The van der Waals surface area contributed by atoms with Gasteiger partial charge in [-0.05, 0) is 47.5 Å². The average Bonchev–Trinajstić information content (AvgIpc) is 2.76. The third-order valence-electron chi connectivity index (χ3n) is 4.15. The van der Waals surface area contributed by atoms with Gasteiger partial charge in [0.15, 0.2) is 0 Å². The fraction of sp³-hybridized carbons (Fsp3) is 0. The molecule has 0 fully saturated rings. The van der Waals surface area contributed by atoms with Crippen molar-refractivity contribution in [3.8, 4) is 33.9 Å². The Morgan fingerprint density at radius 1 is 0.593 bits per heavy atom. The van der Waals surface area contributed by atoms with Gasteiger partial charge >= 0.3 is 15.9 Å². The Kier molecular flexibility index (Phi) is 5.50. The van der Waals surface area contributed by atoms with E-state index >= 15 is 0 Å². The molecule has 129 valence electrons. The quantitative estimate of drug-likeness (QED) is 0.428. The first-order valence-corrected chi connectivity index (χ1v) is 9.65. The van der Waals surface area contributed by atoms with Gasteiger partial charge in [-0.15, -0.1) is 0 Å². The number of para-hydroxylation sites is 1. The Hall–Kier alpha value is -3.06. The van der Waals surface area contributed by atoms with Crippen LogP contribution in [0.15, 0.2) is 103 Å².